The summed E-state index contributed by atoms with van der Waals surface area (Å²) in [7, 11) is 0. The average Bonchev–Trinajstić information content (AvgIpc) is 2.58. The third kappa shape index (κ3) is 1.57. The van der Waals surface area contributed by atoms with Crippen LogP contribution in [0.3, 0.4) is 0 Å². The molecule has 2 atom stereocenters. The molecule has 1 aromatic rings. The number of rotatable bonds is 1. The van der Waals surface area contributed by atoms with E-state index >= 15 is 0 Å². The Bertz CT molecular complexity index is 271. The van der Waals surface area contributed by atoms with Crippen LogP contribution in [0.5, 0.6) is 0 Å². The molecule has 1 aliphatic carbocycles. The predicted molar refractivity (Wildman–Crippen MR) is 56.2 cm³/mol. The molecule has 2 unspecified atom stereocenters. The van der Waals surface area contributed by atoms with Gasteiger partial charge in [0.05, 0.1) is 10.7 Å². The smallest absolute Gasteiger partial charge is 0.0897 e. The molecular formula is C9H12BrNS. The Hall–Kier alpha value is 0.110. The minimum absolute atomic E-state index is 0.666. The predicted octanol–water partition coefficient (Wildman–Crippen LogP) is 3.48. The molecule has 0 aromatic carbocycles. The van der Waals surface area contributed by atoms with Crippen molar-refractivity contribution in [1.29, 1.82) is 0 Å². The van der Waals surface area contributed by atoms with Gasteiger partial charge in [-0.2, -0.15) is 0 Å². The van der Waals surface area contributed by atoms with Gasteiger partial charge in [-0.15, -0.1) is 11.3 Å². The van der Waals surface area contributed by atoms with Crippen LogP contribution in [0.25, 0.3) is 0 Å². The minimum Gasteiger partial charge on any atom is -0.246 e. The molecule has 0 aliphatic heterocycles. The second kappa shape index (κ2) is 3.46. The number of hydrogen-bond acceptors (Lipinski definition) is 2. The fourth-order valence-electron chi connectivity index (χ4n) is 1.80. The van der Waals surface area contributed by atoms with E-state index in [1.54, 1.807) is 11.3 Å². The first kappa shape index (κ1) is 8.70. The van der Waals surface area contributed by atoms with Gasteiger partial charge in [-0.05, 0) is 19.8 Å². The molecule has 66 valence electrons. The largest absolute Gasteiger partial charge is 0.246 e. The average molecular weight is 246 g/mol. The molecule has 0 N–H and O–H groups in total. The lowest BCUT2D eigenvalue weighted by Gasteiger charge is -2.09. The van der Waals surface area contributed by atoms with Crippen molar-refractivity contribution in [1.82, 2.24) is 4.98 Å². The van der Waals surface area contributed by atoms with Gasteiger partial charge in [-0.25, -0.2) is 4.98 Å². The fourth-order valence-corrected chi connectivity index (χ4v) is 3.33. The van der Waals surface area contributed by atoms with Crippen molar-refractivity contribution in [3.05, 3.63) is 16.1 Å². The van der Waals surface area contributed by atoms with E-state index in [4.69, 9.17) is 0 Å². The van der Waals surface area contributed by atoms with Gasteiger partial charge in [0.25, 0.3) is 0 Å². The molecule has 1 aliphatic rings. The maximum atomic E-state index is 4.53. The van der Waals surface area contributed by atoms with Crippen molar-refractivity contribution < 1.29 is 0 Å². The van der Waals surface area contributed by atoms with Gasteiger partial charge < -0.3 is 0 Å². The number of aromatic nitrogens is 1. The lowest BCUT2D eigenvalue weighted by molar-refractivity contribution is 0.719. The van der Waals surface area contributed by atoms with E-state index in [1.165, 1.54) is 30.0 Å². The molecule has 0 saturated heterocycles. The SMILES string of the molecule is Cc1nc(C2CCCC2Br)cs1. The summed E-state index contributed by atoms with van der Waals surface area (Å²) in [4.78, 5) is 5.20. The molecule has 2 rings (SSSR count). The Morgan fingerprint density at radius 2 is 2.42 bits per heavy atom. The van der Waals surface area contributed by atoms with Crippen LogP contribution in [0.4, 0.5) is 0 Å². The van der Waals surface area contributed by atoms with Crippen LogP contribution in [-0.2, 0) is 0 Å². The Labute approximate surface area is 85.3 Å². The van der Waals surface area contributed by atoms with Crippen LogP contribution in [-0.4, -0.2) is 9.81 Å². The van der Waals surface area contributed by atoms with E-state index in [-0.39, 0.29) is 0 Å². The molecule has 3 heteroatoms. The van der Waals surface area contributed by atoms with Crippen molar-refractivity contribution >= 4 is 27.3 Å². The summed E-state index contributed by atoms with van der Waals surface area (Å²) in [6.45, 7) is 2.08. The number of nitrogens with zero attached hydrogens (tertiary/aromatic N) is 1. The lowest BCUT2D eigenvalue weighted by atomic mass is 10.1. The topological polar surface area (TPSA) is 12.9 Å². The Morgan fingerprint density at radius 3 is 2.92 bits per heavy atom. The third-order valence-electron chi connectivity index (χ3n) is 2.45. The van der Waals surface area contributed by atoms with E-state index in [0.29, 0.717) is 10.7 Å². The number of alkyl halides is 1. The zero-order chi connectivity index (χ0) is 8.55. The summed E-state index contributed by atoms with van der Waals surface area (Å²) in [5.74, 6) is 0.676. The van der Waals surface area contributed by atoms with Crippen LogP contribution >= 0.6 is 27.3 Å². The van der Waals surface area contributed by atoms with Gasteiger partial charge >= 0.3 is 0 Å². The van der Waals surface area contributed by atoms with Gasteiger partial charge in [-0.3, -0.25) is 0 Å². The van der Waals surface area contributed by atoms with E-state index in [2.05, 4.69) is 33.2 Å². The summed E-state index contributed by atoms with van der Waals surface area (Å²) >= 11 is 5.48. The van der Waals surface area contributed by atoms with Crippen LogP contribution < -0.4 is 0 Å². The molecule has 12 heavy (non-hydrogen) atoms. The van der Waals surface area contributed by atoms with Gasteiger partial charge in [0, 0.05) is 16.1 Å². The van der Waals surface area contributed by atoms with Crippen molar-refractivity contribution in [2.45, 2.75) is 36.9 Å². The zero-order valence-corrected chi connectivity index (χ0v) is 9.49. The Kier molecular flexibility index (Phi) is 2.51. The van der Waals surface area contributed by atoms with Crippen molar-refractivity contribution in [2.75, 3.05) is 0 Å². The highest BCUT2D eigenvalue weighted by molar-refractivity contribution is 9.09. The molecule has 0 spiro atoms. The third-order valence-corrected chi connectivity index (χ3v) is 4.34. The molecule has 0 bridgehead atoms. The molecule has 1 fully saturated rings. The van der Waals surface area contributed by atoms with E-state index in [9.17, 15) is 0 Å². The quantitative estimate of drug-likeness (QED) is 0.691. The first-order valence-electron chi connectivity index (χ1n) is 4.33. The number of thiazole rings is 1. The monoisotopic (exact) mass is 245 g/mol. The zero-order valence-electron chi connectivity index (χ0n) is 7.09. The van der Waals surface area contributed by atoms with E-state index in [1.807, 2.05) is 0 Å². The van der Waals surface area contributed by atoms with Crippen molar-refractivity contribution in [3.8, 4) is 0 Å². The molecule has 0 amide bonds. The van der Waals surface area contributed by atoms with Crippen LogP contribution in [0.15, 0.2) is 5.38 Å². The summed E-state index contributed by atoms with van der Waals surface area (Å²) < 4.78 is 0. The highest BCUT2D eigenvalue weighted by Gasteiger charge is 2.27. The maximum Gasteiger partial charge on any atom is 0.0897 e. The van der Waals surface area contributed by atoms with Gasteiger partial charge in [0.1, 0.15) is 0 Å². The van der Waals surface area contributed by atoms with Gasteiger partial charge in [0.2, 0.25) is 0 Å². The highest BCUT2D eigenvalue weighted by atomic mass is 79.9. The van der Waals surface area contributed by atoms with E-state index < -0.39 is 0 Å². The fraction of sp³-hybridized carbons (Fsp3) is 0.667. The summed E-state index contributed by atoms with van der Waals surface area (Å²) in [5.41, 5.74) is 1.30. The number of hydrogen-bond donors (Lipinski definition) is 0. The summed E-state index contributed by atoms with van der Waals surface area (Å²) in [6, 6.07) is 0. The molecule has 1 nitrogen and oxygen atoms in total. The summed E-state index contributed by atoms with van der Waals surface area (Å²) in [5, 5.41) is 3.40. The maximum absolute atomic E-state index is 4.53. The minimum atomic E-state index is 0.666. The molecule has 1 heterocycles. The molecule has 1 saturated carbocycles. The van der Waals surface area contributed by atoms with Gasteiger partial charge in [-0.1, -0.05) is 22.4 Å². The summed E-state index contributed by atoms with van der Waals surface area (Å²) in [6.07, 6.45) is 3.96. The molecule has 0 radical (unpaired) electrons. The Morgan fingerprint density at radius 1 is 1.58 bits per heavy atom. The van der Waals surface area contributed by atoms with E-state index in [0.717, 1.165) is 0 Å². The second-order valence-electron chi connectivity index (χ2n) is 3.34. The van der Waals surface area contributed by atoms with Crippen molar-refractivity contribution in [3.63, 3.8) is 0 Å². The number of halogens is 1. The highest BCUT2D eigenvalue weighted by Crippen LogP contribution is 2.39. The lowest BCUT2D eigenvalue weighted by Crippen LogP contribution is -2.04. The first-order valence-corrected chi connectivity index (χ1v) is 6.13. The van der Waals surface area contributed by atoms with Crippen molar-refractivity contribution in [2.24, 2.45) is 0 Å². The Balaban J connectivity index is 2.19. The van der Waals surface area contributed by atoms with Gasteiger partial charge in [0.15, 0.2) is 0 Å². The standard InChI is InChI=1S/C9H12BrNS/c1-6-11-9(5-12-6)7-3-2-4-8(7)10/h5,7-8H,2-4H2,1H3. The van der Waals surface area contributed by atoms with Crippen LogP contribution in [0, 0.1) is 6.92 Å². The molecule has 1 aromatic heterocycles. The van der Waals surface area contributed by atoms with Crippen LogP contribution in [0.2, 0.25) is 0 Å². The normalized spacial score (nSPS) is 29.5. The first-order chi connectivity index (χ1) is 5.77. The number of aryl methyl sites for hydroxylation is 1. The second-order valence-corrected chi connectivity index (χ2v) is 5.58. The van der Waals surface area contributed by atoms with Crippen LogP contribution in [0.1, 0.15) is 35.9 Å². The molecular weight excluding hydrogens is 234 g/mol.